The van der Waals surface area contributed by atoms with Crippen LogP contribution in [-0.2, 0) is 5.41 Å². The van der Waals surface area contributed by atoms with Crippen molar-refractivity contribution < 1.29 is 4.79 Å². The molecule has 0 saturated carbocycles. The minimum atomic E-state index is 0.0673. The number of hydrogen-bond donors (Lipinski definition) is 0. The van der Waals surface area contributed by atoms with Gasteiger partial charge in [-0.3, -0.25) is 4.79 Å². The number of anilines is 1. The van der Waals surface area contributed by atoms with Crippen LogP contribution in [0.4, 0.5) is 5.82 Å². The van der Waals surface area contributed by atoms with Gasteiger partial charge in [0.25, 0.3) is 5.91 Å². The van der Waals surface area contributed by atoms with Crippen LogP contribution in [0.25, 0.3) is 16.7 Å². The van der Waals surface area contributed by atoms with E-state index >= 15 is 0 Å². The molecule has 1 amide bonds. The number of rotatable bonds is 6. The van der Waals surface area contributed by atoms with Gasteiger partial charge in [0.05, 0.1) is 17.3 Å². The number of para-hydroxylation sites is 1. The lowest BCUT2D eigenvalue weighted by Gasteiger charge is -2.36. The molecule has 1 atom stereocenters. The van der Waals surface area contributed by atoms with E-state index in [1.54, 1.807) is 0 Å². The summed E-state index contributed by atoms with van der Waals surface area (Å²) in [5.74, 6) is 2.11. The number of amides is 1. The zero-order valence-corrected chi connectivity index (χ0v) is 23.2. The third kappa shape index (κ3) is 5.15. The highest BCUT2D eigenvalue weighted by Gasteiger charge is 2.27. The molecule has 0 radical (unpaired) electrons. The van der Waals surface area contributed by atoms with E-state index in [1.165, 1.54) is 5.56 Å². The second kappa shape index (κ2) is 10.6. The van der Waals surface area contributed by atoms with E-state index < -0.39 is 0 Å². The maximum absolute atomic E-state index is 13.3. The molecule has 0 bridgehead atoms. The zero-order valence-electron chi connectivity index (χ0n) is 23.2. The SMILES string of the molecule is CCC[C@@H](C)c1nc(N2CCN(C(=O)c3ccc(C(C)(C)C)cc3)CC2)c2cnn(-c3ccccc3)c2n1. The molecular weight excluding hydrogens is 472 g/mol. The van der Waals surface area contributed by atoms with Crippen LogP contribution in [0.2, 0.25) is 0 Å². The summed E-state index contributed by atoms with van der Waals surface area (Å²) < 4.78 is 1.91. The number of hydrogen-bond acceptors (Lipinski definition) is 5. The van der Waals surface area contributed by atoms with Crippen LogP contribution in [0.15, 0.2) is 60.8 Å². The van der Waals surface area contributed by atoms with E-state index in [0.29, 0.717) is 13.1 Å². The molecule has 0 N–H and O–H groups in total. The van der Waals surface area contributed by atoms with Crippen molar-refractivity contribution in [3.05, 3.63) is 77.7 Å². The first-order valence-electron chi connectivity index (χ1n) is 13.7. The average molecular weight is 511 g/mol. The summed E-state index contributed by atoms with van der Waals surface area (Å²) in [5, 5.41) is 5.64. The van der Waals surface area contributed by atoms with Gasteiger partial charge < -0.3 is 9.80 Å². The topological polar surface area (TPSA) is 67.2 Å². The number of aromatic nitrogens is 4. The van der Waals surface area contributed by atoms with Crippen molar-refractivity contribution in [1.29, 1.82) is 0 Å². The van der Waals surface area contributed by atoms with Gasteiger partial charge in [-0.25, -0.2) is 14.6 Å². The van der Waals surface area contributed by atoms with Crippen LogP contribution in [-0.4, -0.2) is 56.7 Å². The van der Waals surface area contributed by atoms with Crippen LogP contribution in [0.3, 0.4) is 0 Å². The first-order chi connectivity index (χ1) is 18.3. The Morgan fingerprint density at radius 1 is 0.947 bits per heavy atom. The number of nitrogens with zero attached hydrogens (tertiary/aromatic N) is 6. The second-order valence-corrected chi connectivity index (χ2v) is 11.3. The summed E-state index contributed by atoms with van der Waals surface area (Å²) in [4.78, 5) is 27.6. The molecule has 7 heteroatoms. The van der Waals surface area contributed by atoms with Crippen molar-refractivity contribution >= 4 is 22.8 Å². The molecule has 198 valence electrons. The summed E-state index contributed by atoms with van der Waals surface area (Å²) in [5.41, 5.74) is 3.86. The molecule has 1 saturated heterocycles. The molecule has 38 heavy (non-hydrogen) atoms. The highest BCUT2D eigenvalue weighted by molar-refractivity contribution is 5.94. The Hall–Kier alpha value is -3.74. The summed E-state index contributed by atoms with van der Waals surface area (Å²) in [7, 11) is 0. The van der Waals surface area contributed by atoms with Crippen LogP contribution < -0.4 is 4.90 Å². The Labute approximate surface area is 225 Å². The Balaban J connectivity index is 1.40. The monoisotopic (exact) mass is 510 g/mol. The number of carbonyl (C=O) groups excluding carboxylic acids is 1. The lowest BCUT2D eigenvalue weighted by Crippen LogP contribution is -2.49. The van der Waals surface area contributed by atoms with E-state index in [0.717, 1.165) is 59.9 Å². The first-order valence-corrected chi connectivity index (χ1v) is 13.7. The maximum Gasteiger partial charge on any atom is 0.253 e. The predicted octanol–water partition coefficient (Wildman–Crippen LogP) is 5.98. The zero-order chi connectivity index (χ0) is 26.9. The second-order valence-electron chi connectivity index (χ2n) is 11.3. The van der Waals surface area contributed by atoms with Crippen molar-refractivity contribution in [3.63, 3.8) is 0 Å². The van der Waals surface area contributed by atoms with Gasteiger partial charge in [0.15, 0.2) is 5.65 Å². The van der Waals surface area contributed by atoms with E-state index in [2.05, 4.69) is 51.7 Å². The fourth-order valence-corrected chi connectivity index (χ4v) is 5.11. The number of piperazine rings is 1. The molecule has 5 rings (SSSR count). The van der Waals surface area contributed by atoms with E-state index in [-0.39, 0.29) is 17.2 Å². The quantitative estimate of drug-likeness (QED) is 0.319. The Bertz CT molecular complexity index is 1400. The first kappa shape index (κ1) is 25.9. The molecular formula is C31H38N6O. The molecule has 0 spiro atoms. The van der Waals surface area contributed by atoms with Crippen molar-refractivity contribution in [1.82, 2.24) is 24.6 Å². The molecule has 0 unspecified atom stereocenters. The van der Waals surface area contributed by atoms with Crippen LogP contribution in [0, 0.1) is 0 Å². The molecule has 2 aromatic heterocycles. The third-order valence-electron chi connectivity index (χ3n) is 7.45. The third-order valence-corrected chi connectivity index (χ3v) is 7.45. The highest BCUT2D eigenvalue weighted by atomic mass is 16.2. The van der Waals surface area contributed by atoms with E-state index in [1.807, 2.05) is 58.2 Å². The van der Waals surface area contributed by atoms with Crippen molar-refractivity contribution in [2.45, 2.75) is 58.8 Å². The van der Waals surface area contributed by atoms with Gasteiger partial charge in [0.2, 0.25) is 0 Å². The number of benzene rings is 2. The highest BCUT2D eigenvalue weighted by Crippen LogP contribution is 2.30. The summed E-state index contributed by atoms with van der Waals surface area (Å²) in [6, 6.07) is 18.2. The molecule has 7 nitrogen and oxygen atoms in total. The molecule has 2 aromatic carbocycles. The smallest absolute Gasteiger partial charge is 0.253 e. The van der Waals surface area contributed by atoms with Gasteiger partial charge in [0.1, 0.15) is 11.6 Å². The summed E-state index contributed by atoms with van der Waals surface area (Å²) in [6.07, 6.45) is 3.98. The fraction of sp³-hybridized carbons (Fsp3) is 0.419. The molecule has 0 aliphatic carbocycles. The average Bonchev–Trinajstić information content (AvgIpc) is 3.36. The van der Waals surface area contributed by atoms with Gasteiger partial charge in [-0.05, 0) is 41.7 Å². The maximum atomic E-state index is 13.3. The predicted molar refractivity (Wildman–Crippen MR) is 153 cm³/mol. The Morgan fingerprint density at radius 3 is 2.26 bits per heavy atom. The van der Waals surface area contributed by atoms with Crippen molar-refractivity contribution in [2.75, 3.05) is 31.1 Å². The summed E-state index contributed by atoms with van der Waals surface area (Å²) in [6.45, 7) is 13.7. The molecule has 4 aromatic rings. The van der Waals surface area contributed by atoms with Crippen LogP contribution in [0.5, 0.6) is 0 Å². The minimum absolute atomic E-state index is 0.0673. The number of fused-ring (bicyclic) bond motifs is 1. The van der Waals surface area contributed by atoms with Gasteiger partial charge in [-0.15, -0.1) is 0 Å². The minimum Gasteiger partial charge on any atom is -0.352 e. The Kier molecular flexibility index (Phi) is 7.19. The van der Waals surface area contributed by atoms with Gasteiger partial charge in [0, 0.05) is 37.7 Å². The number of carbonyl (C=O) groups is 1. The van der Waals surface area contributed by atoms with Crippen molar-refractivity contribution in [2.24, 2.45) is 0 Å². The normalized spacial score (nSPS) is 15.2. The molecule has 1 fully saturated rings. The van der Waals surface area contributed by atoms with Gasteiger partial charge in [-0.1, -0.05) is 71.4 Å². The molecule has 1 aliphatic heterocycles. The molecule has 3 heterocycles. The Morgan fingerprint density at radius 2 is 1.63 bits per heavy atom. The van der Waals surface area contributed by atoms with E-state index in [9.17, 15) is 4.79 Å². The van der Waals surface area contributed by atoms with Crippen molar-refractivity contribution in [3.8, 4) is 5.69 Å². The fourth-order valence-electron chi connectivity index (χ4n) is 5.11. The standard InChI is InChI=1S/C31H38N6O/c1-6-10-22(2)27-33-28(26-21-32-37(29(26)34-27)25-11-8-7-9-12-25)35-17-19-36(20-18-35)30(38)23-13-15-24(16-14-23)31(3,4)5/h7-9,11-16,21-22H,6,10,17-20H2,1-5H3/t22-/m1/s1. The lowest BCUT2D eigenvalue weighted by atomic mass is 9.86. The van der Waals surface area contributed by atoms with Crippen LogP contribution in [0.1, 0.15) is 75.1 Å². The van der Waals surface area contributed by atoms with Gasteiger partial charge >= 0.3 is 0 Å². The van der Waals surface area contributed by atoms with E-state index in [4.69, 9.17) is 15.1 Å². The summed E-state index contributed by atoms with van der Waals surface area (Å²) >= 11 is 0. The van der Waals surface area contributed by atoms with Crippen LogP contribution >= 0.6 is 0 Å². The molecule has 1 aliphatic rings. The largest absolute Gasteiger partial charge is 0.352 e. The van der Waals surface area contributed by atoms with Gasteiger partial charge in [-0.2, -0.15) is 5.10 Å². The lowest BCUT2D eigenvalue weighted by molar-refractivity contribution is 0.0746.